The molecule has 0 aromatic carbocycles. The van der Waals surface area contributed by atoms with Crippen LogP contribution in [-0.2, 0) is 18.4 Å². The maximum Gasteiger partial charge on any atom is 0.472 e. The van der Waals surface area contributed by atoms with Gasteiger partial charge in [-0.05, 0) is 38.5 Å². The highest BCUT2D eigenvalue weighted by molar-refractivity contribution is 7.47. The molecule has 0 saturated heterocycles. The second-order valence-corrected chi connectivity index (χ2v) is 17.2. The van der Waals surface area contributed by atoms with E-state index in [1.54, 1.807) is 0 Å². The van der Waals surface area contributed by atoms with Crippen molar-refractivity contribution in [3.63, 3.8) is 0 Å². The molecule has 0 aromatic rings. The van der Waals surface area contributed by atoms with E-state index in [1.807, 2.05) is 21.1 Å². The number of likely N-dealkylation sites (N-methyl/N-ethyl adjacent to an activating group) is 1. The molecule has 298 valence electrons. The van der Waals surface area contributed by atoms with Crippen LogP contribution in [0.2, 0.25) is 0 Å². The standard InChI is InChI=1S/C41H83N2O6P/c1-6-8-10-12-14-16-17-18-19-20-21-22-23-24-25-27-29-31-33-35-41(45)42-39(38-49-50(46,47)48-37-36-43(3,4)5)40(44)34-32-30-28-26-15-13-11-9-7-2/h18-19,39-40,44H,6-17,20-38H2,1-5H3,(H-,42,45,46,47)/p+1/b19-18+/t39-,40+/m0/s1. The van der Waals surface area contributed by atoms with Gasteiger partial charge >= 0.3 is 7.82 Å². The number of hydrogen-bond acceptors (Lipinski definition) is 5. The zero-order valence-corrected chi connectivity index (χ0v) is 34.5. The number of rotatable bonds is 38. The number of nitrogens with one attached hydrogen (secondary N) is 1. The van der Waals surface area contributed by atoms with Crippen LogP contribution in [0, 0.1) is 0 Å². The molecule has 3 N–H and O–H groups in total. The molecule has 0 rings (SSSR count). The van der Waals surface area contributed by atoms with Gasteiger partial charge in [-0.25, -0.2) is 4.57 Å². The molecule has 50 heavy (non-hydrogen) atoms. The number of aliphatic hydroxyl groups excluding tert-OH is 1. The lowest BCUT2D eigenvalue weighted by Crippen LogP contribution is -2.46. The number of carbonyl (C=O) groups is 1. The largest absolute Gasteiger partial charge is 0.472 e. The monoisotopic (exact) mass is 732 g/mol. The molecular formula is C41H84N2O6P+. The summed E-state index contributed by atoms with van der Waals surface area (Å²) in [6.45, 7) is 4.86. The first-order chi connectivity index (χ1) is 24.0. The van der Waals surface area contributed by atoms with Crippen LogP contribution in [0.1, 0.15) is 194 Å². The average Bonchev–Trinajstić information content (AvgIpc) is 3.06. The summed E-state index contributed by atoms with van der Waals surface area (Å²) in [6.07, 6.45) is 36.7. The molecule has 0 saturated carbocycles. The molecule has 0 aliphatic rings. The van der Waals surface area contributed by atoms with Gasteiger partial charge in [0.2, 0.25) is 5.91 Å². The Hall–Kier alpha value is -0.760. The van der Waals surface area contributed by atoms with Crippen LogP contribution >= 0.6 is 7.82 Å². The lowest BCUT2D eigenvalue weighted by Gasteiger charge is -2.26. The Bertz CT molecular complexity index is 834. The van der Waals surface area contributed by atoms with E-state index in [4.69, 9.17) is 9.05 Å². The third-order valence-corrected chi connectivity index (χ3v) is 10.5. The van der Waals surface area contributed by atoms with E-state index < -0.39 is 20.0 Å². The maximum absolute atomic E-state index is 12.8. The SMILES string of the molecule is CCCCCCCC/C=C/CCCCCCCCCCCC(=O)N[C@@H](COP(=O)(O)OCC[N+](C)(C)C)[C@H](O)CCCCCCCCCCC. The first-order valence-electron chi connectivity index (χ1n) is 21.1. The predicted molar refractivity (Wildman–Crippen MR) is 212 cm³/mol. The van der Waals surface area contributed by atoms with E-state index in [1.165, 1.54) is 128 Å². The molecule has 9 heteroatoms. The summed E-state index contributed by atoms with van der Waals surface area (Å²) in [5.41, 5.74) is 0. The second-order valence-electron chi connectivity index (χ2n) is 15.7. The molecule has 0 radical (unpaired) electrons. The maximum atomic E-state index is 12.8. The van der Waals surface area contributed by atoms with Gasteiger partial charge in [0.05, 0.1) is 39.9 Å². The molecule has 0 aliphatic carbocycles. The number of phosphoric ester groups is 1. The van der Waals surface area contributed by atoms with Crippen LogP contribution < -0.4 is 5.32 Å². The third kappa shape index (κ3) is 35.6. The minimum absolute atomic E-state index is 0.0757. The summed E-state index contributed by atoms with van der Waals surface area (Å²) in [5.74, 6) is -0.149. The smallest absolute Gasteiger partial charge is 0.391 e. The topological polar surface area (TPSA) is 105 Å². The first-order valence-corrected chi connectivity index (χ1v) is 22.5. The van der Waals surface area contributed by atoms with Gasteiger partial charge in [0.25, 0.3) is 0 Å². The van der Waals surface area contributed by atoms with Gasteiger partial charge in [0.1, 0.15) is 13.2 Å². The van der Waals surface area contributed by atoms with Gasteiger partial charge in [-0.1, -0.05) is 161 Å². The average molecular weight is 732 g/mol. The van der Waals surface area contributed by atoms with E-state index in [2.05, 4.69) is 31.3 Å². The summed E-state index contributed by atoms with van der Waals surface area (Å²) < 4.78 is 23.5. The molecule has 3 atom stereocenters. The minimum Gasteiger partial charge on any atom is -0.391 e. The van der Waals surface area contributed by atoms with Crippen molar-refractivity contribution in [1.29, 1.82) is 0 Å². The van der Waals surface area contributed by atoms with Crippen LogP contribution in [0.5, 0.6) is 0 Å². The lowest BCUT2D eigenvalue weighted by molar-refractivity contribution is -0.870. The fraction of sp³-hybridized carbons (Fsp3) is 0.927. The van der Waals surface area contributed by atoms with Crippen LogP contribution in [0.25, 0.3) is 0 Å². The summed E-state index contributed by atoms with van der Waals surface area (Å²) in [5, 5.41) is 13.9. The highest BCUT2D eigenvalue weighted by Crippen LogP contribution is 2.43. The number of unbranched alkanes of at least 4 members (excludes halogenated alkanes) is 23. The van der Waals surface area contributed by atoms with Gasteiger partial charge in [-0.15, -0.1) is 0 Å². The number of quaternary nitrogens is 1. The molecule has 0 bridgehead atoms. The van der Waals surface area contributed by atoms with Crippen molar-refractivity contribution in [3.8, 4) is 0 Å². The van der Waals surface area contributed by atoms with Crippen LogP contribution in [0.15, 0.2) is 12.2 Å². The number of phosphoric acid groups is 1. The van der Waals surface area contributed by atoms with Gasteiger partial charge in [-0.3, -0.25) is 13.8 Å². The van der Waals surface area contributed by atoms with Gasteiger partial charge < -0.3 is 19.8 Å². The lowest BCUT2D eigenvalue weighted by atomic mass is 10.0. The molecule has 8 nitrogen and oxygen atoms in total. The number of allylic oxidation sites excluding steroid dienone is 2. The van der Waals surface area contributed by atoms with Gasteiger partial charge in [0, 0.05) is 6.42 Å². The molecule has 1 unspecified atom stereocenters. The highest BCUT2D eigenvalue weighted by Gasteiger charge is 2.28. The van der Waals surface area contributed by atoms with Crippen LogP contribution in [0.3, 0.4) is 0 Å². The van der Waals surface area contributed by atoms with Crippen molar-refractivity contribution in [2.45, 2.75) is 206 Å². The summed E-state index contributed by atoms with van der Waals surface area (Å²) in [4.78, 5) is 23.0. The quantitative estimate of drug-likeness (QED) is 0.0253. The molecule has 0 fully saturated rings. The number of nitrogens with zero attached hydrogens (tertiary/aromatic N) is 1. The molecule has 1 amide bonds. The van der Waals surface area contributed by atoms with Crippen molar-refractivity contribution in [3.05, 3.63) is 12.2 Å². The Morgan fingerprint density at radius 3 is 1.54 bits per heavy atom. The van der Waals surface area contributed by atoms with Crippen molar-refractivity contribution in [2.24, 2.45) is 0 Å². The van der Waals surface area contributed by atoms with Crippen molar-refractivity contribution in [2.75, 3.05) is 40.9 Å². The molecule has 0 heterocycles. The molecule has 0 spiro atoms. The molecular weight excluding hydrogens is 647 g/mol. The minimum atomic E-state index is -4.30. The first kappa shape index (κ1) is 49.2. The van der Waals surface area contributed by atoms with Gasteiger partial charge in [-0.2, -0.15) is 0 Å². The van der Waals surface area contributed by atoms with Crippen LogP contribution in [0.4, 0.5) is 0 Å². The normalized spacial score (nSPS) is 14.6. The number of amides is 1. The fourth-order valence-corrected chi connectivity index (χ4v) is 6.83. The van der Waals surface area contributed by atoms with Crippen molar-refractivity contribution < 1.29 is 32.9 Å². The van der Waals surface area contributed by atoms with Crippen LogP contribution in [-0.4, -0.2) is 73.4 Å². The van der Waals surface area contributed by atoms with Crippen molar-refractivity contribution >= 4 is 13.7 Å². The number of carbonyl (C=O) groups excluding carboxylic acids is 1. The second kappa shape index (κ2) is 34.0. The molecule has 0 aromatic heterocycles. The Kier molecular flexibility index (Phi) is 33.5. The summed E-state index contributed by atoms with van der Waals surface area (Å²) in [7, 11) is 1.62. The van der Waals surface area contributed by atoms with Crippen molar-refractivity contribution in [1.82, 2.24) is 5.32 Å². The highest BCUT2D eigenvalue weighted by atomic mass is 31.2. The van der Waals surface area contributed by atoms with E-state index in [0.717, 1.165) is 38.5 Å². The fourth-order valence-electron chi connectivity index (χ4n) is 6.10. The van der Waals surface area contributed by atoms with E-state index in [9.17, 15) is 19.4 Å². The molecule has 0 aliphatic heterocycles. The zero-order chi connectivity index (χ0) is 37.2. The van der Waals surface area contributed by atoms with Gasteiger partial charge in [0.15, 0.2) is 0 Å². The van der Waals surface area contributed by atoms with E-state index in [-0.39, 0.29) is 19.1 Å². The number of aliphatic hydroxyl groups is 1. The Balaban J connectivity index is 4.27. The van der Waals surface area contributed by atoms with E-state index in [0.29, 0.717) is 23.9 Å². The number of hydrogen-bond donors (Lipinski definition) is 3. The summed E-state index contributed by atoms with van der Waals surface area (Å²) >= 11 is 0. The Morgan fingerprint density at radius 1 is 0.660 bits per heavy atom. The Labute approximate surface area is 310 Å². The Morgan fingerprint density at radius 2 is 1.08 bits per heavy atom. The summed E-state index contributed by atoms with van der Waals surface area (Å²) in [6, 6.07) is -0.755. The predicted octanol–water partition coefficient (Wildman–Crippen LogP) is 11.2. The zero-order valence-electron chi connectivity index (χ0n) is 33.7. The van der Waals surface area contributed by atoms with E-state index >= 15 is 0 Å². The third-order valence-electron chi connectivity index (χ3n) is 9.51.